The number of benzene rings is 2. The monoisotopic (exact) mass is 386 g/mol. The van der Waals surface area contributed by atoms with Crippen molar-refractivity contribution in [1.82, 2.24) is 0 Å². The topological polar surface area (TPSA) is 58.0 Å². The first-order valence-corrected chi connectivity index (χ1v) is 10.1. The first-order valence-electron chi connectivity index (χ1n) is 10.1. The molecule has 2 aromatic carbocycles. The number of nitrogens with two attached hydrogens (primary N) is 1. The molecule has 2 aliphatic heterocycles. The van der Waals surface area contributed by atoms with Crippen LogP contribution in [0.2, 0.25) is 0 Å². The lowest BCUT2D eigenvalue weighted by Gasteiger charge is -2.31. The predicted molar refractivity (Wildman–Crippen MR) is 105 cm³/mol. The van der Waals surface area contributed by atoms with Crippen molar-refractivity contribution >= 4 is 0 Å². The van der Waals surface area contributed by atoms with Gasteiger partial charge in [-0.1, -0.05) is 0 Å². The van der Waals surface area contributed by atoms with Crippen LogP contribution in [-0.4, -0.2) is 53.2 Å². The molecule has 28 heavy (non-hydrogen) atoms. The Morgan fingerprint density at radius 1 is 0.964 bits per heavy atom. The number of methoxy groups -OCH3 is 1. The molecule has 2 aliphatic rings. The van der Waals surface area contributed by atoms with E-state index in [1.54, 1.807) is 12.0 Å². The van der Waals surface area contributed by atoms with Crippen LogP contribution < -0.4 is 24.4 Å². The second-order valence-electron chi connectivity index (χ2n) is 7.30. The predicted octanol–water partition coefficient (Wildman–Crippen LogP) is 0.186. The summed E-state index contributed by atoms with van der Waals surface area (Å²) in [5.41, 5.74) is 2.62. The molecule has 150 valence electrons. The highest BCUT2D eigenvalue weighted by atomic mass is 16.6. The van der Waals surface area contributed by atoms with E-state index in [9.17, 15) is 0 Å². The summed E-state index contributed by atoms with van der Waals surface area (Å²) in [5.74, 6) is 2.62. The van der Waals surface area contributed by atoms with E-state index in [-0.39, 0.29) is 0 Å². The number of hydrogen-bond donors (Lipinski definition) is 2. The molecule has 4 rings (SSSR count). The summed E-state index contributed by atoms with van der Waals surface area (Å²) >= 11 is 0. The Kier molecular flexibility index (Phi) is 6.31. The maximum absolute atomic E-state index is 5.71. The third-order valence-electron chi connectivity index (χ3n) is 5.53. The van der Waals surface area contributed by atoms with Crippen molar-refractivity contribution in [2.24, 2.45) is 0 Å². The van der Waals surface area contributed by atoms with Gasteiger partial charge >= 0.3 is 0 Å². The van der Waals surface area contributed by atoms with Crippen LogP contribution in [0.4, 0.5) is 0 Å². The fraction of sp³-hybridized carbons (Fsp3) is 0.455. The van der Waals surface area contributed by atoms with Crippen molar-refractivity contribution in [1.29, 1.82) is 0 Å². The molecular weight excluding hydrogens is 356 g/mol. The number of nitrogens with one attached hydrogen (secondary N) is 1. The summed E-state index contributed by atoms with van der Waals surface area (Å²) in [6.07, 6.45) is 0. The van der Waals surface area contributed by atoms with Crippen molar-refractivity contribution < 1.29 is 29.2 Å². The van der Waals surface area contributed by atoms with Crippen molar-refractivity contribution in [3.8, 4) is 17.2 Å². The Labute approximate surface area is 166 Å². The van der Waals surface area contributed by atoms with Gasteiger partial charge in [-0.25, -0.2) is 0 Å². The van der Waals surface area contributed by atoms with Gasteiger partial charge in [-0.3, -0.25) is 0 Å². The molecule has 1 atom stereocenters. The van der Waals surface area contributed by atoms with Crippen molar-refractivity contribution in [3.63, 3.8) is 0 Å². The molecule has 0 radical (unpaired) electrons. The number of ether oxygens (including phenoxy) is 4. The lowest BCUT2D eigenvalue weighted by Crippen LogP contribution is -3.16. The van der Waals surface area contributed by atoms with Gasteiger partial charge in [0.2, 0.25) is 0 Å². The normalized spacial score (nSPS) is 17.9. The third kappa shape index (κ3) is 4.58. The lowest BCUT2D eigenvalue weighted by atomic mass is 10.0. The van der Waals surface area contributed by atoms with E-state index in [0.717, 1.165) is 56.6 Å². The van der Waals surface area contributed by atoms with Crippen LogP contribution in [0.25, 0.3) is 0 Å². The second-order valence-corrected chi connectivity index (χ2v) is 7.30. The molecule has 1 fully saturated rings. The molecule has 0 aliphatic carbocycles. The minimum atomic E-state index is 0.437. The van der Waals surface area contributed by atoms with Crippen LogP contribution >= 0.6 is 0 Å². The molecule has 0 aromatic heterocycles. The van der Waals surface area contributed by atoms with E-state index in [4.69, 9.17) is 18.9 Å². The third-order valence-corrected chi connectivity index (χ3v) is 5.53. The zero-order valence-electron chi connectivity index (χ0n) is 16.5. The van der Waals surface area contributed by atoms with Gasteiger partial charge in [0, 0.05) is 11.1 Å². The SMILES string of the molecule is COc1ccc([C@@H](C[NH2+]Cc2ccc3c(c2)OCCO3)[NH+]2CCOCC2)cc1. The number of fused-ring (bicyclic) bond motifs is 1. The molecule has 3 N–H and O–H groups in total. The summed E-state index contributed by atoms with van der Waals surface area (Å²) in [7, 11) is 1.71. The molecule has 0 spiro atoms. The molecule has 2 heterocycles. The van der Waals surface area contributed by atoms with Crippen molar-refractivity contribution in [2.45, 2.75) is 12.6 Å². The largest absolute Gasteiger partial charge is 0.497 e. The minimum Gasteiger partial charge on any atom is -0.497 e. The Balaban J connectivity index is 1.41. The van der Waals surface area contributed by atoms with Crippen molar-refractivity contribution in [2.75, 3.05) is 53.2 Å². The van der Waals surface area contributed by atoms with Crippen LogP contribution in [0.1, 0.15) is 17.2 Å². The van der Waals surface area contributed by atoms with E-state index < -0.39 is 0 Å². The molecule has 1 saturated heterocycles. The highest BCUT2D eigenvalue weighted by Crippen LogP contribution is 2.30. The second kappa shape index (κ2) is 9.28. The Morgan fingerprint density at radius 2 is 1.71 bits per heavy atom. The standard InChI is InChI=1S/C22H28N2O4/c1-25-19-5-3-18(4-6-19)20(24-8-10-26-11-9-24)16-23-15-17-2-7-21-22(14-17)28-13-12-27-21/h2-7,14,20,23H,8-13,15-16H2,1H3/p+2/t20-/m1/s1. The molecule has 2 aromatic rings. The highest BCUT2D eigenvalue weighted by molar-refractivity contribution is 5.43. The van der Waals surface area contributed by atoms with Gasteiger partial charge in [0.15, 0.2) is 17.5 Å². The fourth-order valence-corrected chi connectivity index (χ4v) is 3.99. The zero-order valence-corrected chi connectivity index (χ0v) is 16.5. The summed E-state index contributed by atoms with van der Waals surface area (Å²) in [4.78, 5) is 1.59. The summed E-state index contributed by atoms with van der Waals surface area (Å²) in [5, 5.41) is 2.39. The zero-order chi connectivity index (χ0) is 19.2. The number of hydrogen-bond acceptors (Lipinski definition) is 4. The number of morpholine rings is 1. The molecule has 0 unspecified atom stereocenters. The number of quaternary nitrogens is 2. The first-order chi connectivity index (χ1) is 13.8. The first kappa shape index (κ1) is 19.1. The van der Waals surface area contributed by atoms with Crippen LogP contribution in [0.15, 0.2) is 42.5 Å². The molecule has 6 nitrogen and oxygen atoms in total. The van der Waals surface area contributed by atoms with Gasteiger partial charge in [0.25, 0.3) is 0 Å². The maximum atomic E-state index is 5.71. The number of rotatable bonds is 7. The fourth-order valence-electron chi connectivity index (χ4n) is 3.99. The molecule has 6 heteroatoms. The Hall–Kier alpha value is -2.28. The van der Waals surface area contributed by atoms with Gasteiger partial charge in [-0.2, -0.15) is 0 Å². The van der Waals surface area contributed by atoms with Crippen LogP contribution in [0, 0.1) is 0 Å². The highest BCUT2D eigenvalue weighted by Gasteiger charge is 2.28. The molecule has 0 bridgehead atoms. The average Bonchev–Trinajstić information content (AvgIpc) is 2.77. The van der Waals surface area contributed by atoms with Gasteiger partial charge in [-0.15, -0.1) is 0 Å². The molecular formula is C22H30N2O4+2. The average molecular weight is 386 g/mol. The van der Waals surface area contributed by atoms with E-state index in [0.29, 0.717) is 19.3 Å². The van der Waals surface area contributed by atoms with E-state index in [1.165, 1.54) is 11.1 Å². The van der Waals surface area contributed by atoms with Gasteiger partial charge in [0.1, 0.15) is 45.1 Å². The minimum absolute atomic E-state index is 0.437. The molecule has 0 amide bonds. The summed E-state index contributed by atoms with van der Waals surface area (Å²) in [6, 6.07) is 15.2. The van der Waals surface area contributed by atoms with Gasteiger partial charge < -0.3 is 29.2 Å². The quantitative estimate of drug-likeness (QED) is 0.713. The van der Waals surface area contributed by atoms with Crippen molar-refractivity contribution in [3.05, 3.63) is 53.6 Å². The summed E-state index contributed by atoms with van der Waals surface area (Å²) < 4.78 is 22.2. The summed E-state index contributed by atoms with van der Waals surface area (Å²) in [6.45, 7) is 6.98. The maximum Gasteiger partial charge on any atom is 0.163 e. The van der Waals surface area contributed by atoms with Gasteiger partial charge in [-0.05, 0) is 42.5 Å². The van der Waals surface area contributed by atoms with Crippen LogP contribution in [-0.2, 0) is 11.3 Å². The van der Waals surface area contributed by atoms with Crippen LogP contribution in [0.3, 0.4) is 0 Å². The molecule has 0 saturated carbocycles. The van der Waals surface area contributed by atoms with Crippen LogP contribution in [0.5, 0.6) is 17.2 Å². The van der Waals surface area contributed by atoms with E-state index >= 15 is 0 Å². The van der Waals surface area contributed by atoms with E-state index in [2.05, 4.69) is 41.7 Å². The van der Waals surface area contributed by atoms with E-state index in [1.807, 2.05) is 6.07 Å². The van der Waals surface area contributed by atoms with Gasteiger partial charge in [0.05, 0.1) is 20.3 Å². The Morgan fingerprint density at radius 3 is 2.46 bits per heavy atom. The lowest BCUT2D eigenvalue weighted by molar-refractivity contribution is -0.952. The Bertz CT molecular complexity index is 760. The smallest absolute Gasteiger partial charge is 0.163 e.